The van der Waals surface area contributed by atoms with Gasteiger partial charge in [-0.25, -0.2) is 19.1 Å². The molecule has 9 nitrogen and oxygen atoms in total. The molecule has 1 aromatic heterocycles. The Labute approximate surface area is 183 Å². The lowest BCUT2D eigenvalue weighted by Crippen LogP contribution is -2.48. The molecule has 172 valence electrons. The SMILES string of the molecule is CC1(C)CC(NC(=O)OCc2cc[n+](CCCS(=O)(=O)O)cc2)CC(C)(CN=C=O)C1. The Morgan fingerprint density at radius 3 is 2.61 bits per heavy atom. The zero-order valence-corrected chi connectivity index (χ0v) is 19.2. The molecular formula is C21H32N3O6S+. The van der Waals surface area contributed by atoms with Gasteiger partial charge in [0, 0.05) is 30.2 Å². The summed E-state index contributed by atoms with van der Waals surface area (Å²) in [5, 5.41) is 2.94. The predicted molar refractivity (Wildman–Crippen MR) is 114 cm³/mol. The Morgan fingerprint density at radius 2 is 2.00 bits per heavy atom. The molecule has 2 unspecified atom stereocenters. The van der Waals surface area contributed by atoms with Crippen LogP contribution < -0.4 is 9.88 Å². The molecule has 0 radical (unpaired) electrons. The standard InChI is InChI=1S/C21H31N3O6S/c1-20(2)11-18(12-21(3,14-20)15-22-16-25)23-19(26)30-13-17-5-8-24(9-6-17)7-4-10-31(27,28)29/h5-6,8-9,18H,4,7,10-15H2,1-3H3,(H-,23,26,27,28,29)/p+1. The van der Waals surface area contributed by atoms with Crippen molar-refractivity contribution in [2.45, 2.75) is 65.6 Å². The molecule has 1 amide bonds. The van der Waals surface area contributed by atoms with Gasteiger partial charge in [0.1, 0.15) is 13.2 Å². The monoisotopic (exact) mass is 454 g/mol. The highest BCUT2D eigenvalue weighted by Gasteiger charge is 2.41. The molecule has 10 heteroatoms. The van der Waals surface area contributed by atoms with Gasteiger partial charge in [-0.1, -0.05) is 20.8 Å². The summed E-state index contributed by atoms with van der Waals surface area (Å²) in [6, 6.07) is 3.52. The van der Waals surface area contributed by atoms with Gasteiger partial charge in [0.25, 0.3) is 10.1 Å². The topological polar surface area (TPSA) is 126 Å². The number of ether oxygens (including phenoxy) is 1. The highest BCUT2D eigenvalue weighted by Crippen LogP contribution is 2.46. The van der Waals surface area contributed by atoms with Crippen molar-refractivity contribution >= 4 is 22.3 Å². The van der Waals surface area contributed by atoms with E-state index in [-0.39, 0.29) is 29.2 Å². The number of pyridine rings is 1. The van der Waals surface area contributed by atoms with Crippen molar-refractivity contribution in [3.05, 3.63) is 30.1 Å². The third kappa shape index (κ3) is 9.16. The predicted octanol–water partition coefficient (Wildman–Crippen LogP) is 2.40. The van der Waals surface area contributed by atoms with Crippen LogP contribution in [0.1, 0.15) is 52.0 Å². The number of aliphatic imine (C=N–C) groups is 1. The van der Waals surface area contributed by atoms with Crippen molar-refractivity contribution in [3.8, 4) is 0 Å². The molecule has 0 bridgehead atoms. The summed E-state index contributed by atoms with van der Waals surface area (Å²) in [5.74, 6) is -0.288. The number of aryl methyl sites for hydroxylation is 1. The van der Waals surface area contributed by atoms with Gasteiger partial charge < -0.3 is 10.1 Å². The van der Waals surface area contributed by atoms with Crippen LogP contribution in [0.15, 0.2) is 29.5 Å². The van der Waals surface area contributed by atoms with Crippen LogP contribution in [0.3, 0.4) is 0 Å². The van der Waals surface area contributed by atoms with E-state index in [0.29, 0.717) is 25.9 Å². The number of hydrogen-bond acceptors (Lipinski definition) is 6. The lowest BCUT2D eigenvalue weighted by molar-refractivity contribution is -0.696. The van der Waals surface area contributed by atoms with Crippen LogP contribution in [0.4, 0.5) is 4.79 Å². The summed E-state index contributed by atoms with van der Waals surface area (Å²) in [5.41, 5.74) is 0.626. The summed E-state index contributed by atoms with van der Waals surface area (Å²) < 4.78 is 37.4. The number of isocyanates is 1. The Bertz CT molecular complexity index is 910. The van der Waals surface area contributed by atoms with Gasteiger partial charge in [-0.05, 0) is 30.1 Å². The summed E-state index contributed by atoms with van der Waals surface area (Å²) in [6.45, 7) is 7.31. The van der Waals surface area contributed by atoms with E-state index in [1.165, 1.54) is 0 Å². The number of aromatic nitrogens is 1. The highest BCUT2D eigenvalue weighted by molar-refractivity contribution is 7.85. The molecule has 1 aliphatic rings. The largest absolute Gasteiger partial charge is 0.445 e. The van der Waals surface area contributed by atoms with E-state index in [4.69, 9.17) is 9.29 Å². The molecule has 0 spiro atoms. The summed E-state index contributed by atoms with van der Waals surface area (Å²) in [6.07, 6.45) is 7.39. The molecule has 1 saturated carbocycles. The number of nitrogens with one attached hydrogen (secondary N) is 1. The molecule has 1 heterocycles. The Kier molecular flexibility index (Phi) is 8.34. The van der Waals surface area contributed by atoms with Gasteiger partial charge in [0.15, 0.2) is 12.4 Å². The quantitative estimate of drug-likeness (QED) is 0.255. The lowest BCUT2D eigenvalue weighted by atomic mass is 9.62. The highest BCUT2D eigenvalue weighted by atomic mass is 32.2. The number of alkyl carbamates (subject to hydrolysis) is 1. The summed E-state index contributed by atoms with van der Waals surface area (Å²) >= 11 is 0. The Morgan fingerprint density at radius 1 is 1.32 bits per heavy atom. The lowest BCUT2D eigenvalue weighted by Gasteiger charge is -2.45. The van der Waals surface area contributed by atoms with Crippen LogP contribution in [0.2, 0.25) is 0 Å². The fourth-order valence-corrected chi connectivity index (χ4v) is 5.09. The fourth-order valence-electron chi connectivity index (χ4n) is 4.60. The van der Waals surface area contributed by atoms with Gasteiger partial charge in [-0.3, -0.25) is 4.55 Å². The zero-order valence-electron chi connectivity index (χ0n) is 18.3. The average molecular weight is 455 g/mol. The second kappa shape index (κ2) is 10.3. The summed E-state index contributed by atoms with van der Waals surface area (Å²) in [4.78, 5) is 26.6. The van der Waals surface area contributed by atoms with Crippen molar-refractivity contribution in [1.29, 1.82) is 0 Å². The number of rotatable bonds is 9. The van der Waals surface area contributed by atoms with E-state index in [1.54, 1.807) is 35.2 Å². The first-order chi connectivity index (χ1) is 14.4. The third-order valence-electron chi connectivity index (χ3n) is 5.44. The van der Waals surface area contributed by atoms with E-state index >= 15 is 0 Å². The maximum absolute atomic E-state index is 12.3. The van der Waals surface area contributed by atoms with Crippen molar-refractivity contribution in [2.24, 2.45) is 15.8 Å². The molecule has 1 aromatic rings. The molecule has 2 atom stereocenters. The number of hydrogen-bond donors (Lipinski definition) is 2. The third-order valence-corrected chi connectivity index (χ3v) is 6.24. The Hall–Kier alpha value is -2.29. The minimum absolute atomic E-state index is 0.00572. The van der Waals surface area contributed by atoms with Gasteiger partial charge in [-0.15, -0.1) is 0 Å². The van der Waals surface area contributed by atoms with Crippen molar-refractivity contribution in [2.75, 3.05) is 12.3 Å². The van der Waals surface area contributed by atoms with Crippen LogP contribution in [0, 0.1) is 10.8 Å². The molecule has 2 rings (SSSR count). The van der Waals surface area contributed by atoms with Crippen molar-refractivity contribution in [1.82, 2.24) is 5.32 Å². The molecule has 1 aliphatic carbocycles. The van der Waals surface area contributed by atoms with Crippen molar-refractivity contribution in [3.63, 3.8) is 0 Å². The molecule has 2 N–H and O–H groups in total. The first kappa shape index (κ1) is 25.0. The molecule has 1 fully saturated rings. The van der Waals surface area contributed by atoms with Crippen LogP contribution in [-0.2, 0) is 32.8 Å². The minimum Gasteiger partial charge on any atom is -0.445 e. The number of carbonyl (C=O) groups excluding carboxylic acids is 2. The smallest absolute Gasteiger partial charge is 0.407 e. The molecule has 0 saturated heterocycles. The van der Waals surface area contributed by atoms with E-state index in [9.17, 15) is 18.0 Å². The second-order valence-corrected chi connectivity index (χ2v) is 11.0. The van der Waals surface area contributed by atoms with Gasteiger partial charge >= 0.3 is 6.09 Å². The maximum atomic E-state index is 12.3. The van der Waals surface area contributed by atoms with Crippen LogP contribution in [0.5, 0.6) is 0 Å². The van der Waals surface area contributed by atoms with Gasteiger partial charge in [0.2, 0.25) is 6.08 Å². The molecule has 0 aliphatic heterocycles. The van der Waals surface area contributed by atoms with E-state index < -0.39 is 16.2 Å². The first-order valence-electron chi connectivity index (χ1n) is 10.3. The number of nitrogens with zero attached hydrogens (tertiary/aromatic N) is 2. The van der Waals surface area contributed by atoms with E-state index in [1.807, 2.05) is 0 Å². The number of carbonyl (C=O) groups is 1. The fraction of sp³-hybridized carbons (Fsp3) is 0.667. The van der Waals surface area contributed by atoms with E-state index in [2.05, 4.69) is 31.1 Å². The van der Waals surface area contributed by atoms with Gasteiger partial charge in [-0.2, -0.15) is 8.42 Å². The Balaban J connectivity index is 1.83. The molecule has 0 aromatic carbocycles. The first-order valence-corrected chi connectivity index (χ1v) is 11.9. The summed E-state index contributed by atoms with van der Waals surface area (Å²) in [7, 11) is -3.95. The minimum atomic E-state index is -3.95. The second-order valence-electron chi connectivity index (χ2n) is 9.47. The maximum Gasteiger partial charge on any atom is 0.407 e. The normalized spacial score (nSPS) is 22.9. The van der Waals surface area contributed by atoms with Crippen LogP contribution in [0.25, 0.3) is 0 Å². The van der Waals surface area contributed by atoms with Gasteiger partial charge in [0.05, 0.1) is 12.3 Å². The molecule has 31 heavy (non-hydrogen) atoms. The van der Waals surface area contributed by atoms with Crippen LogP contribution in [-0.4, -0.2) is 43.5 Å². The molecular weight excluding hydrogens is 422 g/mol. The van der Waals surface area contributed by atoms with Crippen LogP contribution >= 0.6 is 0 Å². The zero-order chi connectivity index (χ0) is 23.1. The van der Waals surface area contributed by atoms with E-state index in [0.717, 1.165) is 18.4 Å². The number of amides is 1. The van der Waals surface area contributed by atoms with Crippen molar-refractivity contribution < 1.29 is 31.9 Å². The average Bonchev–Trinajstić information content (AvgIpc) is 2.63.